The van der Waals surface area contributed by atoms with Crippen LogP contribution >= 0.6 is 0 Å². The molecule has 0 aliphatic rings. The van der Waals surface area contributed by atoms with Crippen LogP contribution in [0.3, 0.4) is 0 Å². The van der Waals surface area contributed by atoms with Crippen LogP contribution in [0, 0.1) is 6.92 Å². The summed E-state index contributed by atoms with van der Waals surface area (Å²) < 4.78 is 21.9. The number of anilines is 1. The van der Waals surface area contributed by atoms with Crippen molar-refractivity contribution in [1.82, 2.24) is 4.98 Å². The summed E-state index contributed by atoms with van der Waals surface area (Å²) in [4.78, 5) is 17.7. The number of oxazole rings is 1. The zero-order chi connectivity index (χ0) is 25.3. The highest BCUT2D eigenvalue weighted by molar-refractivity contribution is 6.05. The number of hydrogen-bond donors (Lipinski definition) is 2. The second kappa shape index (κ2) is 9.58. The third kappa shape index (κ3) is 4.59. The van der Waals surface area contributed by atoms with Gasteiger partial charge in [0.05, 0.1) is 26.9 Å². The molecule has 1 amide bonds. The van der Waals surface area contributed by atoms with Gasteiger partial charge in [-0.25, -0.2) is 4.98 Å². The molecule has 0 bridgehead atoms. The highest BCUT2D eigenvalue weighted by Gasteiger charge is 2.20. The van der Waals surface area contributed by atoms with Gasteiger partial charge in [0.15, 0.2) is 17.1 Å². The van der Waals surface area contributed by atoms with Gasteiger partial charge in [-0.3, -0.25) is 4.79 Å². The number of fused-ring (bicyclic) bond motifs is 1. The van der Waals surface area contributed by atoms with E-state index in [1.807, 2.05) is 18.2 Å². The standard InChI is InChI=1S/C27H28N2O6/c1-14(2)16-7-8-21-20(10-16)29-27(35-21)19-13-18(9-15(3)24(19)30)28-26(31)17-11-22(32-4)25(34-6)23(12-17)33-5/h7-14,30H,1-6H3,(H,28,31). The molecular formula is C27H28N2O6. The Bertz CT molecular complexity index is 1380. The second-order valence-electron chi connectivity index (χ2n) is 8.46. The summed E-state index contributed by atoms with van der Waals surface area (Å²) in [5.41, 5.74) is 4.20. The van der Waals surface area contributed by atoms with E-state index in [9.17, 15) is 9.90 Å². The Morgan fingerprint density at radius 3 is 2.29 bits per heavy atom. The van der Waals surface area contributed by atoms with Crippen molar-refractivity contribution in [2.24, 2.45) is 0 Å². The van der Waals surface area contributed by atoms with Gasteiger partial charge < -0.3 is 29.1 Å². The number of benzene rings is 3. The fraction of sp³-hybridized carbons (Fsp3) is 0.259. The molecule has 4 rings (SSSR count). The van der Waals surface area contributed by atoms with E-state index in [0.29, 0.717) is 56.6 Å². The third-order valence-electron chi connectivity index (χ3n) is 5.79. The summed E-state index contributed by atoms with van der Waals surface area (Å²) >= 11 is 0. The predicted molar refractivity (Wildman–Crippen MR) is 134 cm³/mol. The van der Waals surface area contributed by atoms with Gasteiger partial charge in [0.25, 0.3) is 5.91 Å². The fourth-order valence-corrected chi connectivity index (χ4v) is 3.85. The Morgan fingerprint density at radius 1 is 1.00 bits per heavy atom. The van der Waals surface area contributed by atoms with Crippen LogP contribution in [0.2, 0.25) is 0 Å². The smallest absolute Gasteiger partial charge is 0.255 e. The Labute approximate surface area is 203 Å². The quantitative estimate of drug-likeness (QED) is 0.320. The van der Waals surface area contributed by atoms with Crippen LogP contribution < -0.4 is 19.5 Å². The average molecular weight is 477 g/mol. The van der Waals surface area contributed by atoms with Crippen LogP contribution in [-0.4, -0.2) is 37.3 Å². The molecule has 0 unspecified atom stereocenters. The van der Waals surface area contributed by atoms with Crippen molar-refractivity contribution >= 4 is 22.7 Å². The molecule has 0 saturated carbocycles. The van der Waals surface area contributed by atoms with Crippen molar-refractivity contribution in [2.45, 2.75) is 26.7 Å². The number of methoxy groups -OCH3 is 3. The first-order valence-corrected chi connectivity index (χ1v) is 11.1. The molecule has 4 aromatic rings. The van der Waals surface area contributed by atoms with E-state index in [-0.39, 0.29) is 17.5 Å². The lowest BCUT2D eigenvalue weighted by Gasteiger charge is -2.14. The molecule has 0 aliphatic heterocycles. The van der Waals surface area contributed by atoms with E-state index < -0.39 is 0 Å². The molecule has 1 heterocycles. The molecule has 0 radical (unpaired) electrons. The fourth-order valence-electron chi connectivity index (χ4n) is 3.85. The van der Waals surface area contributed by atoms with Gasteiger partial charge in [-0.15, -0.1) is 0 Å². The summed E-state index contributed by atoms with van der Waals surface area (Å²) in [6, 6.07) is 12.3. The number of aromatic hydroxyl groups is 1. The van der Waals surface area contributed by atoms with E-state index >= 15 is 0 Å². The first-order chi connectivity index (χ1) is 16.7. The van der Waals surface area contributed by atoms with Crippen LogP contribution in [0.5, 0.6) is 23.0 Å². The zero-order valence-electron chi connectivity index (χ0n) is 20.6. The van der Waals surface area contributed by atoms with Gasteiger partial charge >= 0.3 is 0 Å². The lowest BCUT2D eigenvalue weighted by molar-refractivity contribution is 0.102. The summed E-state index contributed by atoms with van der Waals surface area (Å²) in [6.45, 7) is 5.96. The average Bonchev–Trinajstić information content (AvgIpc) is 3.28. The van der Waals surface area contributed by atoms with Gasteiger partial charge in [0.1, 0.15) is 11.3 Å². The Balaban J connectivity index is 1.70. The number of phenols is 1. The Kier molecular flexibility index (Phi) is 6.55. The van der Waals surface area contributed by atoms with Gasteiger partial charge in [-0.1, -0.05) is 19.9 Å². The molecule has 3 aromatic carbocycles. The molecule has 182 valence electrons. The number of aryl methyl sites for hydroxylation is 1. The number of nitrogens with zero attached hydrogens (tertiary/aromatic N) is 1. The summed E-state index contributed by atoms with van der Waals surface area (Å²) in [5, 5.41) is 13.6. The second-order valence-corrected chi connectivity index (χ2v) is 8.46. The minimum absolute atomic E-state index is 0.0337. The molecule has 0 spiro atoms. The van der Waals surface area contributed by atoms with Gasteiger partial charge in [-0.2, -0.15) is 0 Å². The minimum atomic E-state index is -0.389. The van der Waals surface area contributed by atoms with Crippen molar-refractivity contribution in [3.63, 3.8) is 0 Å². The largest absolute Gasteiger partial charge is 0.507 e. The van der Waals surface area contributed by atoms with Crippen molar-refractivity contribution in [3.05, 3.63) is 59.2 Å². The number of aromatic nitrogens is 1. The number of ether oxygens (including phenoxy) is 3. The van der Waals surface area contributed by atoms with Crippen LogP contribution in [0.4, 0.5) is 5.69 Å². The van der Waals surface area contributed by atoms with Crippen LogP contribution in [0.15, 0.2) is 46.9 Å². The van der Waals surface area contributed by atoms with Crippen molar-refractivity contribution in [2.75, 3.05) is 26.6 Å². The Hall–Kier alpha value is -4.20. The molecule has 0 aliphatic carbocycles. The third-order valence-corrected chi connectivity index (χ3v) is 5.79. The maximum absolute atomic E-state index is 13.1. The molecular weight excluding hydrogens is 448 g/mol. The highest BCUT2D eigenvalue weighted by Crippen LogP contribution is 2.39. The van der Waals surface area contributed by atoms with Crippen molar-refractivity contribution in [1.29, 1.82) is 0 Å². The Morgan fingerprint density at radius 2 is 1.69 bits per heavy atom. The summed E-state index contributed by atoms with van der Waals surface area (Å²) in [6.07, 6.45) is 0. The van der Waals surface area contributed by atoms with Crippen LogP contribution in [0.1, 0.15) is 41.3 Å². The molecule has 1 aromatic heterocycles. The molecule has 0 atom stereocenters. The SMILES string of the molecule is COc1cc(C(=O)Nc2cc(C)c(O)c(-c3nc4cc(C(C)C)ccc4o3)c2)cc(OC)c1OC. The van der Waals surface area contributed by atoms with Crippen LogP contribution in [0.25, 0.3) is 22.6 Å². The summed E-state index contributed by atoms with van der Waals surface area (Å²) in [5.74, 6) is 1.39. The number of rotatable bonds is 7. The molecule has 8 heteroatoms. The topological polar surface area (TPSA) is 103 Å². The normalized spacial score (nSPS) is 11.1. The molecule has 2 N–H and O–H groups in total. The first kappa shape index (κ1) is 23.9. The number of phenolic OH excluding ortho intramolecular Hbond substituents is 1. The van der Waals surface area contributed by atoms with Gasteiger partial charge in [0, 0.05) is 11.3 Å². The van der Waals surface area contributed by atoms with Gasteiger partial charge in [-0.05, 0) is 60.4 Å². The number of hydrogen-bond acceptors (Lipinski definition) is 7. The van der Waals surface area contributed by atoms with E-state index in [1.54, 1.807) is 31.2 Å². The number of carbonyl (C=O) groups is 1. The number of amides is 1. The van der Waals surface area contributed by atoms with E-state index in [2.05, 4.69) is 24.1 Å². The molecule has 8 nitrogen and oxygen atoms in total. The first-order valence-electron chi connectivity index (χ1n) is 11.1. The maximum atomic E-state index is 13.1. The zero-order valence-corrected chi connectivity index (χ0v) is 20.6. The van der Waals surface area contributed by atoms with Crippen molar-refractivity contribution < 1.29 is 28.5 Å². The summed E-state index contributed by atoms with van der Waals surface area (Å²) in [7, 11) is 4.47. The monoisotopic (exact) mass is 476 g/mol. The predicted octanol–water partition coefficient (Wildman–Crippen LogP) is 5.91. The van der Waals surface area contributed by atoms with Gasteiger partial charge in [0.2, 0.25) is 11.6 Å². The van der Waals surface area contributed by atoms with E-state index in [4.69, 9.17) is 18.6 Å². The van der Waals surface area contributed by atoms with E-state index in [1.165, 1.54) is 21.3 Å². The minimum Gasteiger partial charge on any atom is -0.507 e. The lowest BCUT2D eigenvalue weighted by Crippen LogP contribution is -2.13. The molecule has 35 heavy (non-hydrogen) atoms. The maximum Gasteiger partial charge on any atom is 0.255 e. The lowest BCUT2D eigenvalue weighted by atomic mass is 10.0. The number of carbonyl (C=O) groups excluding carboxylic acids is 1. The molecule has 0 fully saturated rings. The molecule has 0 saturated heterocycles. The number of nitrogens with one attached hydrogen (secondary N) is 1. The highest BCUT2D eigenvalue weighted by atomic mass is 16.5. The van der Waals surface area contributed by atoms with Crippen molar-refractivity contribution in [3.8, 4) is 34.5 Å². The van der Waals surface area contributed by atoms with Crippen LogP contribution in [-0.2, 0) is 0 Å². The van der Waals surface area contributed by atoms with E-state index in [0.717, 1.165) is 5.56 Å².